The highest BCUT2D eigenvalue weighted by Gasteiger charge is 2.24. The van der Waals surface area contributed by atoms with Gasteiger partial charge in [-0.05, 0) is 107 Å². The molecule has 0 amide bonds. The van der Waals surface area contributed by atoms with E-state index in [0.29, 0.717) is 0 Å². The number of aromatic nitrogens is 4. The summed E-state index contributed by atoms with van der Waals surface area (Å²) >= 11 is 0. The zero-order valence-corrected chi connectivity index (χ0v) is 29.1. The average Bonchev–Trinajstić information content (AvgIpc) is 3.87. The highest BCUT2D eigenvalue weighted by molar-refractivity contribution is 6.15. The summed E-state index contributed by atoms with van der Waals surface area (Å²) in [5.74, 6) is 0. The molecule has 0 saturated heterocycles. The first kappa shape index (κ1) is 29.3. The Balaban J connectivity index is 1.05. The second kappa shape index (κ2) is 11.1. The summed E-state index contributed by atoms with van der Waals surface area (Å²) < 4.78 is 4.76. The van der Waals surface area contributed by atoms with E-state index in [4.69, 9.17) is 9.97 Å². The van der Waals surface area contributed by atoms with E-state index in [0.717, 1.165) is 33.8 Å². The number of pyridine rings is 2. The summed E-state index contributed by atoms with van der Waals surface area (Å²) in [6, 6.07) is 61.6. The molecule has 4 heterocycles. The summed E-state index contributed by atoms with van der Waals surface area (Å²) in [5.41, 5.74) is 16.0. The van der Waals surface area contributed by atoms with Crippen molar-refractivity contribution in [2.75, 3.05) is 0 Å². The molecule has 7 aromatic carbocycles. The van der Waals surface area contributed by atoms with Gasteiger partial charge in [0.05, 0.1) is 33.5 Å². The molecule has 0 spiro atoms. The molecule has 1 aliphatic carbocycles. The van der Waals surface area contributed by atoms with Gasteiger partial charge in [0.1, 0.15) is 0 Å². The van der Waals surface area contributed by atoms with Crippen molar-refractivity contribution in [1.82, 2.24) is 19.1 Å². The molecule has 4 aromatic heterocycles. The van der Waals surface area contributed by atoms with E-state index in [2.05, 4.69) is 179 Å². The molecule has 0 aliphatic heterocycles. The quantitative estimate of drug-likeness (QED) is 0.185. The van der Waals surface area contributed by atoms with Crippen molar-refractivity contribution in [2.24, 2.45) is 0 Å². The van der Waals surface area contributed by atoms with Crippen LogP contribution in [0.5, 0.6) is 0 Å². The van der Waals surface area contributed by atoms with Gasteiger partial charge in [0.2, 0.25) is 0 Å². The minimum absolute atomic E-state index is 0.959. The zero-order chi connectivity index (χ0) is 35.3. The Bertz CT molecular complexity index is 3310. The van der Waals surface area contributed by atoms with E-state index in [9.17, 15) is 0 Å². The van der Waals surface area contributed by atoms with Crippen molar-refractivity contribution in [3.63, 3.8) is 0 Å². The molecule has 0 saturated carbocycles. The van der Waals surface area contributed by atoms with Gasteiger partial charge in [-0.15, -0.1) is 0 Å². The lowest BCUT2D eigenvalue weighted by Crippen LogP contribution is -1.93. The first-order valence-electron chi connectivity index (χ1n) is 18.4. The van der Waals surface area contributed by atoms with E-state index in [1.807, 2.05) is 12.4 Å². The highest BCUT2D eigenvalue weighted by Crippen LogP contribution is 2.46. The first-order chi connectivity index (χ1) is 26.8. The fourth-order valence-corrected chi connectivity index (χ4v) is 8.90. The molecule has 1 aliphatic rings. The number of hydrogen-bond acceptors (Lipinski definition) is 2. The number of para-hydroxylation sites is 3. The minimum Gasteiger partial charge on any atom is -0.309 e. The number of benzene rings is 7. The van der Waals surface area contributed by atoms with Crippen molar-refractivity contribution in [1.29, 1.82) is 0 Å². The summed E-state index contributed by atoms with van der Waals surface area (Å²) in [6.07, 6.45) is 3.90. The molecule has 0 N–H and O–H groups in total. The molecule has 250 valence electrons. The van der Waals surface area contributed by atoms with Crippen LogP contribution in [0.1, 0.15) is 0 Å². The van der Waals surface area contributed by atoms with Gasteiger partial charge < -0.3 is 9.13 Å². The predicted molar refractivity (Wildman–Crippen MR) is 224 cm³/mol. The average molecular weight is 687 g/mol. The molecule has 0 atom stereocenters. The van der Waals surface area contributed by atoms with E-state index in [-0.39, 0.29) is 0 Å². The van der Waals surface area contributed by atoms with Crippen LogP contribution in [0.4, 0.5) is 0 Å². The van der Waals surface area contributed by atoms with Gasteiger partial charge in [-0.25, -0.2) is 0 Å². The molecular weight excluding hydrogens is 657 g/mol. The van der Waals surface area contributed by atoms with Gasteiger partial charge in [0.15, 0.2) is 0 Å². The van der Waals surface area contributed by atoms with E-state index in [1.54, 1.807) is 0 Å². The van der Waals surface area contributed by atoms with E-state index < -0.39 is 0 Å². The SMILES string of the molecule is c1ccc(-n2c3ccccc3c3cc(-c4ccc5c(c4)c4cc(-c6cnc7c(c6)-c6cccc8ccnc-7c68)ccc4n5-c4ccccc4)ccc32)cc1. The van der Waals surface area contributed by atoms with Gasteiger partial charge in [-0.3, -0.25) is 9.97 Å². The molecule has 0 bridgehead atoms. The maximum atomic E-state index is 5.02. The summed E-state index contributed by atoms with van der Waals surface area (Å²) in [7, 11) is 0. The lowest BCUT2D eigenvalue weighted by molar-refractivity contribution is 1.18. The van der Waals surface area contributed by atoms with Gasteiger partial charge in [-0.2, -0.15) is 0 Å². The van der Waals surface area contributed by atoms with Crippen LogP contribution in [0.3, 0.4) is 0 Å². The fraction of sp³-hybridized carbons (Fsp3) is 0. The molecule has 11 aromatic rings. The van der Waals surface area contributed by atoms with Crippen LogP contribution in [0.2, 0.25) is 0 Å². The largest absolute Gasteiger partial charge is 0.309 e. The normalized spacial score (nSPS) is 12.1. The topological polar surface area (TPSA) is 35.6 Å². The third-order valence-corrected chi connectivity index (χ3v) is 11.3. The fourth-order valence-electron chi connectivity index (χ4n) is 8.90. The minimum atomic E-state index is 0.959. The third kappa shape index (κ3) is 4.13. The maximum absolute atomic E-state index is 5.02. The monoisotopic (exact) mass is 686 g/mol. The van der Waals surface area contributed by atoms with Crippen molar-refractivity contribution in [3.8, 4) is 56.1 Å². The predicted octanol–water partition coefficient (Wildman–Crippen LogP) is 12.8. The van der Waals surface area contributed by atoms with Crippen molar-refractivity contribution in [2.45, 2.75) is 0 Å². The van der Waals surface area contributed by atoms with Crippen LogP contribution in [0.25, 0.3) is 111 Å². The Morgan fingerprint density at radius 1 is 0.352 bits per heavy atom. The molecule has 0 radical (unpaired) electrons. The van der Waals surface area contributed by atoms with Crippen LogP contribution >= 0.6 is 0 Å². The van der Waals surface area contributed by atoms with E-state index in [1.165, 1.54) is 76.8 Å². The third-order valence-electron chi connectivity index (χ3n) is 11.3. The van der Waals surface area contributed by atoms with Gasteiger partial charge >= 0.3 is 0 Å². The highest BCUT2D eigenvalue weighted by atomic mass is 15.0. The molecule has 54 heavy (non-hydrogen) atoms. The van der Waals surface area contributed by atoms with Crippen molar-refractivity contribution < 1.29 is 0 Å². The molecule has 4 heteroatoms. The van der Waals surface area contributed by atoms with Crippen LogP contribution in [-0.2, 0) is 0 Å². The second-order valence-corrected chi connectivity index (χ2v) is 14.2. The second-order valence-electron chi connectivity index (χ2n) is 14.2. The van der Waals surface area contributed by atoms with Gasteiger partial charge in [-0.1, -0.05) is 91.0 Å². The van der Waals surface area contributed by atoms with E-state index >= 15 is 0 Å². The molecule has 0 fully saturated rings. The molecule has 4 nitrogen and oxygen atoms in total. The van der Waals surface area contributed by atoms with Crippen LogP contribution in [-0.4, -0.2) is 19.1 Å². The molecular formula is C50H30N4. The maximum Gasteiger partial charge on any atom is 0.0977 e. The van der Waals surface area contributed by atoms with Crippen molar-refractivity contribution >= 4 is 54.4 Å². The Hall–Kier alpha value is -7.30. The molecule has 12 rings (SSSR count). The van der Waals surface area contributed by atoms with Crippen LogP contribution in [0.15, 0.2) is 182 Å². The Kier molecular flexibility index (Phi) is 6.02. The number of rotatable bonds is 4. The Morgan fingerprint density at radius 3 is 1.56 bits per heavy atom. The summed E-state index contributed by atoms with van der Waals surface area (Å²) in [4.78, 5) is 9.76. The van der Waals surface area contributed by atoms with Crippen LogP contribution < -0.4 is 0 Å². The van der Waals surface area contributed by atoms with Crippen LogP contribution in [0, 0.1) is 0 Å². The summed E-state index contributed by atoms with van der Waals surface area (Å²) in [6.45, 7) is 0. The number of nitrogens with zero attached hydrogens (tertiary/aromatic N) is 4. The first-order valence-corrected chi connectivity index (χ1v) is 18.4. The lowest BCUT2D eigenvalue weighted by atomic mass is 9.98. The lowest BCUT2D eigenvalue weighted by Gasteiger charge is -2.09. The smallest absolute Gasteiger partial charge is 0.0977 e. The Morgan fingerprint density at radius 2 is 0.907 bits per heavy atom. The van der Waals surface area contributed by atoms with Gasteiger partial charge in [0, 0.05) is 61.8 Å². The zero-order valence-electron chi connectivity index (χ0n) is 29.1. The number of hydrogen-bond donors (Lipinski definition) is 0. The molecule has 0 unspecified atom stereocenters. The Labute approximate surface area is 310 Å². The number of fused-ring (bicyclic) bond motifs is 9. The standard InChI is InChI=1S/C50H30N4/c1-3-11-36(12-4-1)53-44-17-8-7-15-38(44)40-26-32(18-21-45(40)53)33-19-22-46-41(27-33)42-28-34(20-23-47(42)54(46)37-13-5-2-6-14-37)35-29-43-39-16-9-10-31-24-25-51-50(48(31)39)49(43)52-30-35/h1-30H. The van der Waals surface area contributed by atoms with Crippen molar-refractivity contribution in [3.05, 3.63) is 182 Å². The van der Waals surface area contributed by atoms with Gasteiger partial charge in [0.25, 0.3) is 0 Å². The summed E-state index contributed by atoms with van der Waals surface area (Å²) in [5, 5.41) is 7.32.